The number of carbonyl (C=O) groups excluding carboxylic acids is 2. The third kappa shape index (κ3) is 6.89. The lowest BCUT2D eigenvalue weighted by Gasteiger charge is -2.31. The Morgan fingerprint density at radius 3 is 2.53 bits per heavy atom. The minimum absolute atomic E-state index is 0.0655. The number of ether oxygens (including phenoxy) is 3. The number of nitrogens with one attached hydrogen (secondary N) is 1. The first kappa shape index (κ1) is 25.4. The zero-order valence-corrected chi connectivity index (χ0v) is 20.6. The molecule has 2 amide bonds. The van der Waals surface area contributed by atoms with Crippen molar-refractivity contribution < 1.29 is 23.8 Å². The van der Waals surface area contributed by atoms with Gasteiger partial charge in [0.05, 0.1) is 7.11 Å². The van der Waals surface area contributed by atoms with Gasteiger partial charge in [-0.3, -0.25) is 9.59 Å². The molecular formula is C27H36N2O5. The predicted octanol–water partition coefficient (Wildman–Crippen LogP) is 3.98. The van der Waals surface area contributed by atoms with Crippen LogP contribution in [-0.2, 0) is 22.6 Å². The second kappa shape index (κ2) is 12.3. The molecule has 0 saturated carbocycles. The maximum atomic E-state index is 13.5. The molecule has 0 radical (unpaired) electrons. The van der Waals surface area contributed by atoms with E-state index in [1.165, 1.54) is 0 Å². The number of rotatable bonds is 11. The molecule has 1 N–H and O–H groups in total. The first-order chi connectivity index (χ1) is 16.4. The predicted molar refractivity (Wildman–Crippen MR) is 131 cm³/mol. The standard InChI is InChI=1S/C27H36N2O5/c1-5-23(27(31)28-17-19(2)3)29(18-21-7-6-8-22(15-21)32-4)26(30)12-10-20-9-11-24-25(16-20)34-14-13-33-24/h6-9,11,15-16,19,23H,5,10,12-14,17-18H2,1-4H3,(H,28,31)/t23-/m1/s1. The van der Waals surface area contributed by atoms with Crippen molar-refractivity contribution in [3.63, 3.8) is 0 Å². The van der Waals surface area contributed by atoms with Crippen LogP contribution in [0.15, 0.2) is 42.5 Å². The number of hydrogen-bond donors (Lipinski definition) is 1. The average molecular weight is 469 g/mol. The highest BCUT2D eigenvalue weighted by molar-refractivity contribution is 5.87. The fourth-order valence-corrected chi connectivity index (χ4v) is 3.95. The van der Waals surface area contributed by atoms with E-state index in [2.05, 4.69) is 5.32 Å². The molecule has 2 aromatic carbocycles. The van der Waals surface area contributed by atoms with Gasteiger partial charge in [0.2, 0.25) is 11.8 Å². The Morgan fingerprint density at radius 1 is 1.06 bits per heavy atom. The van der Waals surface area contributed by atoms with E-state index in [1.54, 1.807) is 12.0 Å². The molecule has 7 nitrogen and oxygen atoms in total. The molecular weight excluding hydrogens is 432 g/mol. The van der Waals surface area contributed by atoms with Crippen molar-refractivity contribution in [3.8, 4) is 17.2 Å². The van der Waals surface area contributed by atoms with Gasteiger partial charge in [0, 0.05) is 19.5 Å². The summed E-state index contributed by atoms with van der Waals surface area (Å²) in [6, 6.07) is 12.8. The van der Waals surface area contributed by atoms with E-state index in [-0.39, 0.29) is 18.2 Å². The van der Waals surface area contributed by atoms with Crippen LogP contribution in [0.1, 0.15) is 44.7 Å². The Morgan fingerprint density at radius 2 is 1.82 bits per heavy atom. The van der Waals surface area contributed by atoms with E-state index in [9.17, 15) is 9.59 Å². The molecule has 0 fully saturated rings. The van der Waals surface area contributed by atoms with Gasteiger partial charge in [-0.1, -0.05) is 39.0 Å². The number of carbonyl (C=O) groups is 2. The molecule has 1 atom stereocenters. The van der Waals surface area contributed by atoms with Crippen LogP contribution in [0.4, 0.5) is 0 Å². The van der Waals surface area contributed by atoms with Crippen molar-refractivity contribution >= 4 is 11.8 Å². The topological polar surface area (TPSA) is 77.1 Å². The Kier molecular flexibility index (Phi) is 9.19. The second-order valence-corrected chi connectivity index (χ2v) is 8.91. The highest BCUT2D eigenvalue weighted by Gasteiger charge is 2.28. The quantitative estimate of drug-likeness (QED) is 0.540. The number of benzene rings is 2. The van der Waals surface area contributed by atoms with Crippen LogP contribution in [0.2, 0.25) is 0 Å². The zero-order chi connectivity index (χ0) is 24.5. The van der Waals surface area contributed by atoms with Gasteiger partial charge < -0.3 is 24.4 Å². The number of fused-ring (bicyclic) bond motifs is 1. The molecule has 0 aliphatic carbocycles. The molecule has 2 aromatic rings. The van der Waals surface area contributed by atoms with Gasteiger partial charge in [-0.15, -0.1) is 0 Å². The molecule has 1 aliphatic rings. The average Bonchev–Trinajstić information content (AvgIpc) is 2.85. The summed E-state index contributed by atoms with van der Waals surface area (Å²) >= 11 is 0. The third-order valence-corrected chi connectivity index (χ3v) is 5.79. The lowest BCUT2D eigenvalue weighted by atomic mass is 10.1. The van der Waals surface area contributed by atoms with Crippen LogP contribution in [0.25, 0.3) is 0 Å². The lowest BCUT2D eigenvalue weighted by molar-refractivity contribution is -0.141. The van der Waals surface area contributed by atoms with Gasteiger partial charge in [0.15, 0.2) is 11.5 Å². The molecule has 3 rings (SSSR count). The largest absolute Gasteiger partial charge is 0.497 e. The van der Waals surface area contributed by atoms with Crippen LogP contribution < -0.4 is 19.5 Å². The van der Waals surface area contributed by atoms with Gasteiger partial charge >= 0.3 is 0 Å². The third-order valence-electron chi connectivity index (χ3n) is 5.79. The van der Waals surface area contributed by atoms with Crippen LogP contribution in [0.5, 0.6) is 17.2 Å². The van der Waals surface area contributed by atoms with Gasteiger partial charge in [-0.25, -0.2) is 0 Å². The summed E-state index contributed by atoms with van der Waals surface area (Å²) in [4.78, 5) is 28.2. The smallest absolute Gasteiger partial charge is 0.242 e. The van der Waals surface area contributed by atoms with E-state index < -0.39 is 6.04 Å². The van der Waals surface area contributed by atoms with Crippen LogP contribution in [0.3, 0.4) is 0 Å². The minimum Gasteiger partial charge on any atom is -0.497 e. The highest BCUT2D eigenvalue weighted by atomic mass is 16.6. The Bertz CT molecular complexity index is 975. The number of aryl methyl sites for hydroxylation is 1. The Balaban J connectivity index is 1.76. The van der Waals surface area contributed by atoms with Crippen LogP contribution in [-0.4, -0.2) is 49.6 Å². The summed E-state index contributed by atoms with van der Waals surface area (Å²) in [6.07, 6.45) is 1.37. The molecule has 1 aliphatic heterocycles. The molecule has 184 valence electrons. The van der Waals surface area contributed by atoms with E-state index in [4.69, 9.17) is 14.2 Å². The van der Waals surface area contributed by atoms with Gasteiger partial charge in [-0.05, 0) is 54.2 Å². The normalized spacial score (nSPS) is 13.3. The second-order valence-electron chi connectivity index (χ2n) is 8.91. The fraction of sp³-hybridized carbons (Fsp3) is 0.481. The van der Waals surface area contributed by atoms with Gasteiger partial charge in [0.25, 0.3) is 0 Å². The summed E-state index contributed by atoms with van der Waals surface area (Å²) in [7, 11) is 1.61. The first-order valence-electron chi connectivity index (χ1n) is 12.0. The summed E-state index contributed by atoms with van der Waals surface area (Å²) in [5.74, 6) is 2.31. The van der Waals surface area contributed by atoms with Crippen molar-refractivity contribution in [1.82, 2.24) is 10.2 Å². The molecule has 34 heavy (non-hydrogen) atoms. The molecule has 7 heteroatoms. The monoisotopic (exact) mass is 468 g/mol. The first-order valence-corrected chi connectivity index (χ1v) is 12.0. The molecule has 0 bridgehead atoms. The van der Waals surface area contributed by atoms with Crippen molar-refractivity contribution in [2.75, 3.05) is 26.9 Å². The number of methoxy groups -OCH3 is 1. The van der Waals surface area contributed by atoms with Crippen LogP contribution >= 0.6 is 0 Å². The molecule has 0 unspecified atom stereocenters. The van der Waals surface area contributed by atoms with Gasteiger partial charge in [0.1, 0.15) is 25.0 Å². The summed E-state index contributed by atoms with van der Waals surface area (Å²) < 4.78 is 16.6. The van der Waals surface area contributed by atoms with Crippen LogP contribution in [0, 0.1) is 5.92 Å². The van der Waals surface area contributed by atoms with E-state index >= 15 is 0 Å². The number of hydrogen-bond acceptors (Lipinski definition) is 5. The molecule has 0 saturated heterocycles. The molecule has 0 spiro atoms. The molecule has 0 aromatic heterocycles. The Labute approximate surface area is 202 Å². The lowest BCUT2D eigenvalue weighted by Crippen LogP contribution is -2.49. The summed E-state index contributed by atoms with van der Waals surface area (Å²) in [6.45, 7) is 8.01. The highest BCUT2D eigenvalue weighted by Crippen LogP contribution is 2.31. The summed E-state index contributed by atoms with van der Waals surface area (Å²) in [5, 5.41) is 3.00. The van der Waals surface area contributed by atoms with E-state index in [0.29, 0.717) is 50.8 Å². The number of nitrogens with zero attached hydrogens (tertiary/aromatic N) is 1. The minimum atomic E-state index is -0.544. The van der Waals surface area contributed by atoms with Crippen molar-refractivity contribution in [2.45, 2.75) is 52.6 Å². The maximum absolute atomic E-state index is 13.5. The zero-order valence-electron chi connectivity index (χ0n) is 20.6. The van der Waals surface area contributed by atoms with Crippen molar-refractivity contribution in [2.24, 2.45) is 5.92 Å². The van der Waals surface area contributed by atoms with E-state index in [1.807, 2.05) is 63.2 Å². The van der Waals surface area contributed by atoms with E-state index in [0.717, 1.165) is 22.6 Å². The fourth-order valence-electron chi connectivity index (χ4n) is 3.95. The molecule has 1 heterocycles. The number of amides is 2. The Hall–Kier alpha value is -3.22. The maximum Gasteiger partial charge on any atom is 0.242 e. The summed E-state index contributed by atoms with van der Waals surface area (Å²) in [5.41, 5.74) is 1.92. The van der Waals surface area contributed by atoms with Gasteiger partial charge in [-0.2, -0.15) is 0 Å². The SMILES string of the molecule is CC[C@H](C(=O)NCC(C)C)N(Cc1cccc(OC)c1)C(=O)CCc1ccc2c(c1)OCCO2. The van der Waals surface area contributed by atoms with Crippen molar-refractivity contribution in [3.05, 3.63) is 53.6 Å². The van der Waals surface area contributed by atoms with Crippen molar-refractivity contribution in [1.29, 1.82) is 0 Å².